The quantitative estimate of drug-likeness (QED) is 0.548. The van der Waals surface area contributed by atoms with Crippen molar-refractivity contribution in [2.75, 3.05) is 20.7 Å². The minimum absolute atomic E-state index is 0.190. The Hall–Kier alpha value is -0.570. The lowest BCUT2D eigenvalue weighted by Crippen LogP contribution is -2.37. The second-order valence-corrected chi connectivity index (χ2v) is 4.38. The van der Waals surface area contributed by atoms with Gasteiger partial charge >= 0.3 is 0 Å². The number of aliphatic imine (C=N–C) groups is 1. The van der Waals surface area contributed by atoms with E-state index in [4.69, 9.17) is 4.74 Å². The predicted octanol–water partition coefficient (Wildman–Crippen LogP) is 1.35. The zero-order chi connectivity index (χ0) is 9.35. The first-order valence-corrected chi connectivity index (χ1v) is 4.26. The maximum Gasteiger partial charge on any atom is 0.199 e. The summed E-state index contributed by atoms with van der Waals surface area (Å²) in [6.45, 7) is 7.40. The summed E-state index contributed by atoms with van der Waals surface area (Å²) in [6.07, 6.45) is 0.257. The number of ether oxygens (including phenoxy) is 1. The Kier molecular flexibility index (Phi) is 2.42. The average Bonchev–Trinajstić information content (AvgIpc) is 2.29. The first-order chi connectivity index (χ1) is 5.45. The fourth-order valence-electron chi connectivity index (χ4n) is 1.55. The number of nitrogens with zero attached hydrogens (tertiary/aromatic N) is 2. The molecule has 0 spiro atoms. The van der Waals surface area contributed by atoms with Gasteiger partial charge in [0.25, 0.3) is 0 Å². The van der Waals surface area contributed by atoms with Crippen LogP contribution in [-0.4, -0.2) is 37.7 Å². The normalized spacial score (nSPS) is 25.8. The molecule has 1 aliphatic rings. The molecule has 0 aromatic heterocycles. The summed E-state index contributed by atoms with van der Waals surface area (Å²) in [6, 6.07) is 0. The zero-order valence-corrected chi connectivity index (χ0v) is 8.59. The van der Waals surface area contributed by atoms with Crippen molar-refractivity contribution in [1.29, 1.82) is 0 Å². The second kappa shape index (κ2) is 3.05. The Balaban J connectivity index is 2.73. The highest BCUT2D eigenvalue weighted by Gasteiger charge is 2.33. The van der Waals surface area contributed by atoms with Crippen molar-refractivity contribution in [2.45, 2.75) is 26.9 Å². The molecule has 3 nitrogen and oxygen atoms in total. The topological polar surface area (TPSA) is 24.8 Å². The molecule has 3 heteroatoms. The predicted molar refractivity (Wildman–Crippen MR) is 50.3 cm³/mol. The van der Waals surface area contributed by atoms with Crippen molar-refractivity contribution in [3.8, 4) is 0 Å². The van der Waals surface area contributed by atoms with E-state index < -0.39 is 0 Å². The van der Waals surface area contributed by atoms with Crippen LogP contribution >= 0.6 is 0 Å². The zero-order valence-electron chi connectivity index (χ0n) is 8.59. The van der Waals surface area contributed by atoms with Crippen LogP contribution in [0.1, 0.15) is 20.8 Å². The monoisotopic (exact) mass is 170 g/mol. The smallest absolute Gasteiger partial charge is 0.199 e. The largest absolute Gasteiger partial charge is 0.483 e. The minimum Gasteiger partial charge on any atom is -0.483 e. The van der Waals surface area contributed by atoms with E-state index in [1.165, 1.54) is 0 Å². The van der Waals surface area contributed by atoms with E-state index in [9.17, 15) is 0 Å². The molecule has 1 heterocycles. The van der Waals surface area contributed by atoms with Crippen molar-refractivity contribution < 1.29 is 4.74 Å². The van der Waals surface area contributed by atoms with Crippen molar-refractivity contribution in [2.24, 2.45) is 10.4 Å². The van der Waals surface area contributed by atoms with Gasteiger partial charge in [0.1, 0.15) is 6.17 Å². The van der Waals surface area contributed by atoms with Gasteiger partial charge in [0.05, 0.1) is 13.7 Å². The lowest BCUT2D eigenvalue weighted by atomic mass is 9.92. The summed E-state index contributed by atoms with van der Waals surface area (Å²) < 4.78 is 5.12. The standard InChI is InChI=1S/C9H18N2O/c1-9(2,3)8-10-7(12-5)6-11(8)4/h8H,6H2,1-5H3. The lowest BCUT2D eigenvalue weighted by molar-refractivity contribution is 0.165. The lowest BCUT2D eigenvalue weighted by Gasteiger charge is -2.29. The third-order valence-electron chi connectivity index (χ3n) is 2.08. The molecule has 0 saturated carbocycles. The summed E-state index contributed by atoms with van der Waals surface area (Å²) >= 11 is 0. The van der Waals surface area contributed by atoms with Crippen LogP contribution in [-0.2, 0) is 4.74 Å². The van der Waals surface area contributed by atoms with Crippen molar-refractivity contribution in [1.82, 2.24) is 4.90 Å². The summed E-state index contributed by atoms with van der Waals surface area (Å²) in [7, 11) is 3.75. The van der Waals surface area contributed by atoms with Crippen LogP contribution in [0.2, 0.25) is 0 Å². The molecule has 1 unspecified atom stereocenters. The van der Waals surface area contributed by atoms with Gasteiger partial charge < -0.3 is 4.74 Å². The molecule has 0 N–H and O–H groups in total. The van der Waals surface area contributed by atoms with E-state index >= 15 is 0 Å². The van der Waals surface area contributed by atoms with Crippen LogP contribution in [0.4, 0.5) is 0 Å². The first kappa shape index (κ1) is 9.52. The van der Waals surface area contributed by atoms with E-state index in [0.717, 1.165) is 12.4 Å². The fraction of sp³-hybridized carbons (Fsp3) is 0.889. The summed E-state index contributed by atoms with van der Waals surface area (Å²) in [5.41, 5.74) is 0.190. The van der Waals surface area contributed by atoms with Crippen LogP contribution in [0.15, 0.2) is 4.99 Å². The van der Waals surface area contributed by atoms with Gasteiger partial charge in [-0.15, -0.1) is 0 Å². The van der Waals surface area contributed by atoms with Gasteiger partial charge in [-0.3, -0.25) is 4.90 Å². The van der Waals surface area contributed by atoms with Crippen molar-refractivity contribution >= 4 is 5.90 Å². The van der Waals surface area contributed by atoms with Crippen LogP contribution < -0.4 is 0 Å². The molecule has 1 atom stereocenters. The maximum atomic E-state index is 5.12. The highest BCUT2D eigenvalue weighted by atomic mass is 16.5. The molecule has 0 bridgehead atoms. The molecule has 0 radical (unpaired) electrons. The number of rotatable bonds is 0. The van der Waals surface area contributed by atoms with Gasteiger partial charge in [-0.25, -0.2) is 4.99 Å². The fourth-order valence-corrected chi connectivity index (χ4v) is 1.55. The Labute approximate surface area is 74.4 Å². The van der Waals surface area contributed by atoms with E-state index in [1.807, 2.05) is 0 Å². The molecule has 0 fully saturated rings. The van der Waals surface area contributed by atoms with Gasteiger partial charge in [0, 0.05) is 0 Å². The molecule has 0 aliphatic carbocycles. The highest BCUT2D eigenvalue weighted by molar-refractivity contribution is 5.79. The van der Waals surface area contributed by atoms with Crippen molar-refractivity contribution in [3.63, 3.8) is 0 Å². The van der Waals surface area contributed by atoms with Crippen LogP contribution in [0.25, 0.3) is 0 Å². The Morgan fingerprint density at radius 1 is 1.50 bits per heavy atom. The average molecular weight is 170 g/mol. The summed E-state index contributed by atoms with van der Waals surface area (Å²) in [5, 5.41) is 0. The number of likely N-dealkylation sites (N-methyl/N-ethyl adjacent to an activating group) is 1. The number of hydrogen-bond donors (Lipinski definition) is 0. The van der Waals surface area contributed by atoms with E-state index in [2.05, 4.69) is 37.7 Å². The molecule has 1 aliphatic heterocycles. The van der Waals surface area contributed by atoms with Crippen LogP contribution in [0.5, 0.6) is 0 Å². The molecule has 70 valence electrons. The van der Waals surface area contributed by atoms with Gasteiger partial charge in [-0.1, -0.05) is 20.8 Å². The number of methoxy groups -OCH3 is 1. The van der Waals surface area contributed by atoms with Crippen LogP contribution in [0.3, 0.4) is 0 Å². The SMILES string of the molecule is COC1=NC(C(C)(C)C)N(C)C1. The third kappa shape index (κ3) is 1.78. The van der Waals surface area contributed by atoms with Gasteiger partial charge in [0.2, 0.25) is 0 Å². The Bertz CT molecular complexity index is 193. The first-order valence-electron chi connectivity index (χ1n) is 4.26. The van der Waals surface area contributed by atoms with Gasteiger partial charge in [0.15, 0.2) is 5.90 Å². The molecule has 0 amide bonds. The molecule has 0 saturated heterocycles. The van der Waals surface area contributed by atoms with Crippen LogP contribution in [0, 0.1) is 5.41 Å². The van der Waals surface area contributed by atoms with Crippen molar-refractivity contribution in [3.05, 3.63) is 0 Å². The summed E-state index contributed by atoms with van der Waals surface area (Å²) in [5.74, 6) is 0.845. The van der Waals surface area contributed by atoms with E-state index in [-0.39, 0.29) is 11.6 Å². The molecule has 12 heavy (non-hydrogen) atoms. The van der Waals surface area contributed by atoms with E-state index in [0.29, 0.717) is 0 Å². The highest BCUT2D eigenvalue weighted by Crippen LogP contribution is 2.27. The minimum atomic E-state index is 0.190. The van der Waals surface area contributed by atoms with Gasteiger partial charge in [-0.05, 0) is 12.5 Å². The second-order valence-electron chi connectivity index (χ2n) is 4.38. The Morgan fingerprint density at radius 2 is 2.08 bits per heavy atom. The number of hydrogen-bond acceptors (Lipinski definition) is 3. The summed E-state index contributed by atoms with van der Waals surface area (Å²) in [4.78, 5) is 6.69. The molecule has 0 aromatic rings. The third-order valence-corrected chi connectivity index (χ3v) is 2.08. The molecule has 0 aromatic carbocycles. The Morgan fingerprint density at radius 3 is 2.33 bits per heavy atom. The van der Waals surface area contributed by atoms with E-state index in [1.54, 1.807) is 7.11 Å². The molecule has 1 rings (SSSR count). The molecular weight excluding hydrogens is 152 g/mol. The van der Waals surface area contributed by atoms with Gasteiger partial charge in [-0.2, -0.15) is 0 Å². The molecular formula is C9H18N2O. The maximum absolute atomic E-state index is 5.12.